The zero-order valence-corrected chi connectivity index (χ0v) is 17.2. The first kappa shape index (κ1) is 20.2. The molecule has 2 aliphatic rings. The van der Waals surface area contributed by atoms with Gasteiger partial charge < -0.3 is 15.5 Å². The molecule has 1 aliphatic carbocycles. The first-order chi connectivity index (χ1) is 12.8. The van der Waals surface area contributed by atoms with Crippen LogP contribution in [-0.2, 0) is 11.2 Å². The van der Waals surface area contributed by atoms with Crippen LogP contribution in [0.15, 0.2) is 12.1 Å². The largest absolute Gasteiger partial charge is 0.353 e. The first-order valence-corrected chi connectivity index (χ1v) is 10.1. The fourth-order valence-electron chi connectivity index (χ4n) is 3.70. The van der Waals surface area contributed by atoms with E-state index < -0.39 is 0 Å². The summed E-state index contributed by atoms with van der Waals surface area (Å²) in [5, 5.41) is 7.17. The number of piperazine rings is 1. The third-order valence-electron chi connectivity index (χ3n) is 5.06. The molecule has 1 heterocycles. The third-order valence-corrected chi connectivity index (χ3v) is 5.91. The number of fused-ring (bicyclic) bond motifs is 1. The van der Waals surface area contributed by atoms with E-state index in [-0.39, 0.29) is 24.0 Å². The highest BCUT2D eigenvalue weighted by Crippen LogP contribution is 2.39. The van der Waals surface area contributed by atoms with Crippen molar-refractivity contribution < 1.29 is 9.59 Å². The predicted octanol–water partition coefficient (Wildman–Crippen LogP) is 2.83. The molecule has 0 radical (unpaired) electrons. The van der Waals surface area contributed by atoms with Crippen LogP contribution in [0.2, 0.25) is 10.0 Å². The van der Waals surface area contributed by atoms with Gasteiger partial charge in [0.1, 0.15) is 0 Å². The molecule has 1 fully saturated rings. The van der Waals surface area contributed by atoms with Crippen LogP contribution < -0.4 is 10.6 Å². The van der Waals surface area contributed by atoms with E-state index in [4.69, 9.17) is 23.2 Å². The summed E-state index contributed by atoms with van der Waals surface area (Å²) >= 11 is 12.4. The molecule has 0 spiro atoms. The van der Waals surface area contributed by atoms with Crippen LogP contribution in [0.5, 0.6) is 0 Å². The number of halogens is 2. The van der Waals surface area contributed by atoms with Gasteiger partial charge >= 0.3 is 6.03 Å². The molecule has 3 amide bonds. The van der Waals surface area contributed by atoms with Crippen LogP contribution >= 0.6 is 23.2 Å². The lowest BCUT2D eigenvalue weighted by Crippen LogP contribution is -2.54. The van der Waals surface area contributed by atoms with Crippen LogP contribution in [0.25, 0.3) is 0 Å². The second kappa shape index (κ2) is 8.67. The number of nitrogens with one attached hydrogen (secondary N) is 2. The molecule has 1 saturated heterocycles. The van der Waals surface area contributed by atoms with Crippen LogP contribution in [-0.4, -0.2) is 60.5 Å². The van der Waals surface area contributed by atoms with E-state index in [0.717, 1.165) is 24.0 Å². The van der Waals surface area contributed by atoms with Crippen LogP contribution in [0.4, 0.5) is 4.79 Å². The average molecular weight is 413 g/mol. The van der Waals surface area contributed by atoms with Gasteiger partial charge in [0.05, 0.1) is 22.6 Å². The quantitative estimate of drug-likeness (QED) is 0.798. The maximum absolute atomic E-state index is 12.6. The van der Waals surface area contributed by atoms with E-state index in [0.29, 0.717) is 42.8 Å². The molecule has 148 valence electrons. The van der Waals surface area contributed by atoms with Gasteiger partial charge in [0.15, 0.2) is 0 Å². The van der Waals surface area contributed by atoms with Crippen molar-refractivity contribution in [2.75, 3.05) is 32.7 Å². The van der Waals surface area contributed by atoms with E-state index in [1.807, 2.05) is 24.8 Å². The van der Waals surface area contributed by atoms with E-state index in [1.54, 1.807) is 6.07 Å². The van der Waals surface area contributed by atoms with Crippen LogP contribution in [0, 0.1) is 0 Å². The molecular formula is C19H26Cl2N4O2. The highest BCUT2D eigenvalue weighted by atomic mass is 35.5. The number of carbonyl (C=O) groups is 2. The molecular weight excluding hydrogens is 387 g/mol. The fourth-order valence-corrected chi connectivity index (χ4v) is 4.15. The number of rotatable bonds is 4. The molecule has 1 aliphatic heterocycles. The molecule has 1 aromatic carbocycles. The van der Waals surface area contributed by atoms with E-state index >= 15 is 0 Å². The van der Waals surface area contributed by atoms with Gasteiger partial charge in [0.25, 0.3) is 0 Å². The van der Waals surface area contributed by atoms with E-state index in [2.05, 4.69) is 15.5 Å². The van der Waals surface area contributed by atoms with Gasteiger partial charge in [-0.1, -0.05) is 29.3 Å². The first-order valence-electron chi connectivity index (χ1n) is 9.39. The number of hydrogen-bond acceptors (Lipinski definition) is 3. The Morgan fingerprint density at radius 2 is 1.89 bits per heavy atom. The molecule has 8 heteroatoms. The second-order valence-corrected chi connectivity index (χ2v) is 8.24. The van der Waals surface area contributed by atoms with Gasteiger partial charge in [-0.05, 0) is 43.9 Å². The summed E-state index contributed by atoms with van der Waals surface area (Å²) in [7, 11) is 0. The molecule has 1 unspecified atom stereocenters. The Morgan fingerprint density at radius 3 is 2.56 bits per heavy atom. The third kappa shape index (κ3) is 4.86. The number of nitrogens with zero attached hydrogens (tertiary/aromatic N) is 2. The number of carbonyl (C=O) groups excluding carboxylic acids is 2. The van der Waals surface area contributed by atoms with E-state index in [1.165, 1.54) is 0 Å². The normalized spacial score (nSPS) is 19.9. The molecule has 1 aromatic rings. The smallest absolute Gasteiger partial charge is 0.317 e. The van der Waals surface area contributed by atoms with Crippen LogP contribution in [0.1, 0.15) is 37.4 Å². The number of amides is 3. The summed E-state index contributed by atoms with van der Waals surface area (Å²) < 4.78 is 0. The number of urea groups is 1. The van der Waals surface area contributed by atoms with Crippen molar-refractivity contribution in [1.29, 1.82) is 0 Å². The summed E-state index contributed by atoms with van der Waals surface area (Å²) in [6.45, 7) is 6.89. The lowest BCUT2D eigenvalue weighted by molar-refractivity contribution is -0.123. The minimum atomic E-state index is -0.0646. The molecule has 27 heavy (non-hydrogen) atoms. The topological polar surface area (TPSA) is 64.7 Å². The minimum Gasteiger partial charge on any atom is -0.353 e. The summed E-state index contributed by atoms with van der Waals surface area (Å²) in [6.07, 6.45) is 1.65. The lowest BCUT2D eigenvalue weighted by atomic mass is 10.1. The number of hydrogen-bond donors (Lipinski definition) is 2. The molecule has 0 aromatic heterocycles. The Bertz CT molecular complexity index is 718. The zero-order chi connectivity index (χ0) is 19.6. The van der Waals surface area contributed by atoms with Gasteiger partial charge in [-0.15, -0.1) is 0 Å². The Hall–Kier alpha value is -1.50. The van der Waals surface area contributed by atoms with Crippen molar-refractivity contribution >= 4 is 35.1 Å². The minimum absolute atomic E-state index is 0.0287. The van der Waals surface area contributed by atoms with Gasteiger partial charge in [-0.3, -0.25) is 9.69 Å². The summed E-state index contributed by atoms with van der Waals surface area (Å²) in [5.74, 6) is 0.0287. The van der Waals surface area contributed by atoms with Crippen molar-refractivity contribution in [3.05, 3.63) is 33.3 Å². The Kier molecular flexibility index (Phi) is 6.50. The van der Waals surface area contributed by atoms with Crippen molar-refractivity contribution in [1.82, 2.24) is 20.4 Å². The highest BCUT2D eigenvalue weighted by molar-refractivity contribution is 6.42. The van der Waals surface area contributed by atoms with Gasteiger partial charge in [0, 0.05) is 32.2 Å². The van der Waals surface area contributed by atoms with Gasteiger partial charge in [0.2, 0.25) is 5.91 Å². The fraction of sp³-hybridized carbons (Fsp3) is 0.579. The van der Waals surface area contributed by atoms with Crippen molar-refractivity contribution in [3.8, 4) is 0 Å². The Morgan fingerprint density at radius 1 is 1.19 bits per heavy atom. The zero-order valence-electron chi connectivity index (χ0n) is 15.7. The molecule has 0 saturated carbocycles. The van der Waals surface area contributed by atoms with Gasteiger partial charge in [-0.25, -0.2) is 4.79 Å². The molecule has 3 rings (SSSR count). The molecule has 1 atom stereocenters. The highest BCUT2D eigenvalue weighted by Gasteiger charge is 2.29. The maximum Gasteiger partial charge on any atom is 0.317 e. The maximum atomic E-state index is 12.6. The SMILES string of the molecule is CC(C)NC(=O)CN1CCN(C(=O)NC2CCc3c2ccc(Cl)c3Cl)CC1. The van der Waals surface area contributed by atoms with Crippen molar-refractivity contribution in [2.24, 2.45) is 0 Å². The standard InChI is InChI=1S/C19H26Cl2N4O2/c1-12(2)22-17(26)11-24-7-9-25(10-8-24)19(27)23-16-6-4-14-13(16)3-5-15(20)18(14)21/h3,5,12,16H,4,6-11H2,1-2H3,(H,22,26)(H,23,27). The van der Waals surface area contributed by atoms with Gasteiger partial charge in [-0.2, -0.15) is 0 Å². The second-order valence-electron chi connectivity index (χ2n) is 7.46. The summed E-state index contributed by atoms with van der Waals surface area (Å²) in [6, 6.07) is 3.78. The van der Waals surface area contributed by atoms with Crippen molar-refractivity contribution in [3.63, 3.8) is 0 Å². The average Bonchev–Trinajstić information content (AvgIpc) is 3.01. The number of benzene rings is 1. The Balaban J connectivity index is 1.50. The molecule has 6 nitrogen and oxygen atoms in total. The monoisotopic (exact) mass is 412 g/mol. The molecule has 2 N–H and O–H groups in total. The predicted molar refractivity (Wildman–Crippen MR) is 107 cm³/mol. The Labute approximate surface area is 170 Å². The lowest BCUT2D eigenvalue weighted by Gasteiger charge is -2.35. The molecule has 0 bridgehead atoms. The van der Waals surface area contributed by atoms with E-state index in [9.17, 15) is 9.59 Å². The summed E-state index contributed by atoms with van der Waals surface area (Å²) in [5.41, 5.74) is 2.09. The van der Waals surface area contributed by atoms with Crippen LogP contribution in [0.3, 0.4) is 0 Å². The van der Waals surface area contributed by atoms with Crippen molar-refractivity contribution in [2.45, 2.75) is 38.8 Å². The summed E-state index contributed by atoms with van der Waals surface area (Å²) in [4.78, 5) is 28.4.